The maximum absolute atomic E-state index is 2.53. The summed E-state index contributed by atoms with van der Waals surface area (Å²) in [4.78, 5) is 2.53. The molecular formula is C55H41N. The van der Waals surface area contributed by atoms with Gasteiger partial charge in [-0.2, -0.15) is 0 Å². The first kappa shape index (κ1) is 33.6. The van der Waals surface area contributed by atoms with Crippen molar-refractivity contribution in [2.45, 2.75) is 19.3 Å². The predicted molar refractivity (Wildman–Crippen MR) is 238 cm³/mol. The second-order valence-corrected chi connectivity index (χ2v) is 15.3. The third-order valence-electron chi connectivity index (χ3n) is 11.7. The van der Waals surface area contributed by atoms with E-state index in [1.165, 1.54) is 83.2 Å². The van der Waals surface area contributed by atoms with Crippen molar-refractivity contribution in [2.75, 3.05) is 4.90 Å². The summed E-state index contributed by atoms with van der Waals surface area (Å²) in [6.45, 7) is 4.77. The van der Waals surface area contributed by atoms with Crippen LogP contribution in [0.25, 0.3) is 66.4 Å². The largest absolute Gasteiger partial charge is 0.310 e. The average molecular weight is 716 g/mol. The van der Waals surface area contributed by atoms with Gasteiger partial charge in [0.2, 0.25) is 0 Å². The van der Waals surface area contributed by atoms with Gasteiger partial charge in [-0.3, -0.25) is 0 Å². The lowest BCUT2D eigenvalue weighted by Crippen LogP contribution is -2.21. The van der Waals surface area contributed by atoms with Crippen LogP contribution < -0.4 is 4.90 Å². The minimum absolute atomic E-state index is 0.217. The smallest absolute Gasteiger partial charge is 0.0546 e. The highest BCUT2D eigenvalue weighted by molar-refractivity contribution is 6.02. The molecule has 1 aliphatic carbocycles. The van der Waals surface area contributed by atoms with Crippen molar-refractivity contribution in [2.24, 2.45) is 0 Å². The minimum Gasteiger partial charge on any atom is -0.310 e. The Hall–Kier alpha value is -6.96. The van der Waals surface area contributed by atoms with Crippen molar-refractivity contribution in [1.82, 2.24) is 0 Å². The molecule has 266 valence electrons. The number of nitrogens with zero attached hydrogens (tertiary/aromatic N) is 1. The Labute approximate surface area is 329 Å². The molecule has 0 saturated carbocycles. The van der Waals surface area contributed by atoms with E-state index in [1.807, 2.05) is 0 Å². The Morgan fingerprint density at radius 3 is 1.61 bits per heavy atom. The molecule has 0 aliphatic heterocycles. The van der Waals surface area contributed by atoms with Crippen molar-refractivity contribution in [3.63, 3.8) is 0 Å². The summed E-state index contributed by atoms with van der Waals surface area (Å²) in [5.41, 5.74) is 18.1. The Morgan fingerprint density at radius 2 is 0.875 bits per heavy atom. The molecule has 0 bridgehead atoms. The molecule has 0 atom stereocenters. The van der Waals surface area contributed by atoms with E-state index in [-0.39, 0.29) is 5.41 Å². The molecule has 10 rings (SSSR count). The van der Waals surface area contributed by atoms with Crippen LogP contribution in [0.15, 0.2) is 212 Å². The molecule has 0 radical (unpaired) electrons. The molecule has 0 unspecified atom stereocenters. The molecule has 0 saturated heterocycles. The van der Waals surface area contributed by atoms with E-state index < -0.39 is 0 Å². The maximum atomic E-state index is 2.53. The van der Waals surface area contributed by atoms with Gasteiger partial charge in [0.1, 0.15) is 0 Å². The highest BCUT2D eigenvalue weighted by Gasteiger charge is 2.39. The third-order valence-corrected chi connectivity index (χ3v) is 11.7. The van der Waals surface area contributed by atoms with Crippen LogP contribution in [0.4, 0.5) is 17.1 Å². The zero-order valence-electron chi connectivity index (χ0n) is 31.7. The van der Waals surface area contributed by atoms with Crippen LogP contribution in [-0.4, -0.2) is 0 Å². The topological polar surface area (TPSA) is 3.24 Å². The van der Waals surface area contributed by atoms with Gasteiger partial charge in [-0.15, -0.1) is 0 Å². The van der Waals surface area contributed by atoms with Gasteiger partial charge in [0.15, 0.2) is 0 Å². The van der Waals surface area contributed by atoms with Gasteiger partial charge in [-0.1, -0.05) is 196 Å². The van der Waals surface area contributed by atoms with Crippen LogP contribution in [0, 0.1) is 0 Å². The fourth-order valence-electron chi connectivity index (χ4n) is 9.02. The third kappa shape index (κ3) is 5.63. The van der Waals surface area contributed by atoms with Gasteiger partial charge in [-0.05, 0) is 102 Å². The first-order valence-corrected chi connectivity index (χ1v) is 19.5. The van der Waals surface area contributed by atoms with Gasteiger partial charge in [0.25, 0.3) is 0 Å². The zero-order valence-corrected chi connectivity index (χ0v) is 31.7. The second-order valence-electron chi connectivity index (χ2n) is 15.3. The number of fused-ring (bicyclic) bond motifs is 4. The molecule has 0 amide bonds. The Bertz CT molecular complexity index is 2870. The van der Waals surface area contributed by atoms with E-state index in [2.05, 4.69) is 231 Å². The van der Waals surface area contributed by atoms with E-state index in [0.717, 1.165) is 11.4 Å². The van der Waals surface area contributed by atoms with E-state index in [1.54, 1.807) is 0 Å². The first-order chi connectivity index (χ1) is 27.6. The molecule has 9 aromatic carbocycles. The number of benzene rings is 9. The molecule has 56 heavy (non-hydrogen) atoms. The van der Waals surface area contributed by atoms with Gasteiger partial charge in [0, 0.05) is 16.7 Å². The molecule has 0 fully saturated rings. The second kappa shape index (κ2) is 13.7. The molecule has 0 spiro atoms. The van der Waals surface area contributed by atoms with E-state index >= 15 is 0 Å². The normalized spacial score (nSPS) is 12.6. The predicted octanol–water partition coefficient (Wildman–Crippen LogP) is 15.3. The van der Waals surface area contributed by atoms with Crippen LogP contribution >= 0.6 is 0 Å². The summed E-state index contributed by atoms with van der Waals surface area (Å²) in [7, 11) is 0. The molecule has 0 heterocycles. The lowest BCUT2D eigenvalue weighted by Gasteiger charge is -2.34. The van der Waals surface area contributed by atoms with Gasteiger partial charge < -0.3 is 4.90 Å². The van der Waals surface area contributed by atoms with Crippen LogP contribution in [0.5, 0.6) is 0 Å². The van der Waals surface area contributed by atoms with Crippen molar-refractivity contribution in [1.29, 1.82) is 0 Å². The summed E-state index contributed by atoms with van der Waals surface area (Å²) in [6.07, 6.45) is 0. The highest BCUT2D eigenvalue weighted by atomic mass is 15.1. The van der Waals surface area contributed by atoms with Gasteiger partial charge in [-0.25, -0.2) is 0 Å². The van der Waals surface area contributed by atoms with Gasteiger partial charge >= 0.3 is 0 Å². The molecule has 0 aromatic heterocycles. The van der Waals surface area contributed by atoms with Crippen LogP contribution in [0.3, 0.4) is 0 Å². The summed E-state index contributed by atoms with van der Waals surface area (Å²) in [5.74, 6) is 0. The number of hydrogen-bond acceptors (Lipinski definition) is 1. The number of rotatable bonds is 7. The fraction of sp³-hybridized carbons (Fsp3) is 0.0545. The summed E-state index contributed by atoms with van der Waals surface area (Å²) in [6, 6.07) is 77.7. The SMILES string of the molecule is CC1(C)c2ccccc2-c2cccc(N(c3ccc(-c4ccc5ccccc5c4)cc3)c3cccc(-c4ccccc4)c3-c3ccccc3-c3ccccc3)c21. The van der Waals surface area contributed by atoms with E-state index in [4.69, 9.17) is 0 Å². The average Bonchev–Trinajstić information content (AvgIpc) is 3.50. The van der Waals surface area contributed by atoms with Crippen molar-refractivity contribution >= 4 is 27.8 Å². The van der Waals surface area contributed by atoms with Crippen molar-refractivity contribution in [3.8, 4) is 55.6 Å². The monoisotopic (exact) mass is 715 g/mol. The molecule has 9 aromatic rings. The molecule has 1 nitrogen and oxygen atoms in total. The van der Waals surface area contributed by atoms with E-state index in [0.29, 0.717) is 0 Å². The zero-order chi connectivity index (χ0) is 37.6. The maximum Gasteiger partial charge on any atom is 0.0546 e. The lowest BCUT2D eigenvalue weighted by atomic mass is 9.81. The standard InChI is InChI=1S/C55H41N/c1-55(2)50-28-14-13-24-47(50)49-27-16-30-52(54(49)55)56(44-35-33-39(34-36-44)43-32-31-38-17-9-10-22-42(38)37-43)51-29-15-26-46(41-20-7-4-8-21-41)53(51)48-25-12-11-23-45(48)40-18-5-3-6-19-40/h3-37H,1-2H3. The van der Waals surface area contributed by atoms with Crippen LogP contribution in [-0.2, 0) is 5.41 Å². The number of hydrogen-bond donors (Lipinski definition) is 0. The first-order valence-electron chi connectivity index (χ1n) is 19.5. The fourth-order valence-corrected chi connectivity index (χ4v) is 9.02. The van der Waals surface area contributed by atoms with Crippen LogP contribution in [0.1, 0.15) is 25.0 Å². The van der Waals surface area contributed by atoms with Gasteiger partial charge in [0.05, 0.1) is 11.4 Å². The Kier molecular flexibility index (Phi) is 8.23. The summed E-state index contributed by atoms with van der Waals surface area (Å²) in [5, 5.41) is 2.50. The highest BCUT2D eigenvalue weighted by Crippen LogP contribution is 2.56. The summed E-state index contributed by atoms with van der Waals surface area (Å²) >= 11 is 0. The molecule has 0 N–H and O–H groups in total. The summed E-state index contributed by atoms with van der Waals surface area (Å²) < 4.78 is 0. The quantitative estimate of drug-likeness (QED) is 0.159. The minimum atomic E-state index is -0.217. The molecule has 1 aliphatic rings. The van der Waals surface area contributed by atoms with Crippen molar-refractivity contribution < 1.29 is 0 Å². The molecular weight excluding hydrogens is 675 g/mol. The van der Waals surface area contributed by atoms with Crippen LogP contribution in [0.2, 0.25) is 0 Å². The Morgan fingerprint density at radius 1 is 0.339 bits per heavy atom. The molecule has 1 heteroatoms. The lowest BCUT2D eigenvalue weighted by molar-refractivity contribution is 0.661. The van der Waals surface area contributed by atoms with E-state index in [9.17, 15) is 0 Å². The number of anilines is 3. The Balaban J connectivity index is 1.25. The van der Waals surface area contributed by atoms with Crippen molar-refractivity contribution in [3.05, 3.63) is 223 Å².